The molecule has 0 aromatic heterocycles. The van der Waals surface area contributed by atoms with Crippen molar-refractivity contribution in [2.75, 3.05) is 0 Å². The van der Waals surface area contributed by atoms with Crippen LogP contribution in [0, 0.1) is 5.82 Å². The van der Waals surface area contributed by atoms with Crippen molar-refractivity contribution in [1.29, 1.82) is 0 Å². The Morgan fingerprint density at radius 2 is 1.47 bits per heavy atom. The zero-order valence-corrected chi connectivity index (χ0v) is 11.0. The Hall–Kier alpha value is -2.01. The predicted molar refractivity (Wildman–Crippen MR) is 76.5 cm³/mol. The lowest BCUT2D eigenvalue weighted by atomic mass is 10.2. The second-order valence-corrected chi connectivity index (χ2v) is 5.09. The number of hydrogen-bond acceptors (Lipinski definition) is 2. The van der Waals surface area contributed by atoms with Crippen molar-refractivity contribution < 1.29 is 4.39 Å². The third kappa shape index (κ3) is 4.30. The molecule has 4 N–H and O–H groups in total. The van der Waals surface area contributed by atoms with Crippen molar-refractivity contribution >= 4 is 17.7 Å². The van der Waals surface area contributed by atoms with E-state index >= 15 is 0 Å². The Morgan fingerprint density at radius 1 is 0.947 bits per heavy atom. The molecule has 0 atom stereocenters. The fourth-order valence-corrected chi connectivity index (χ4v) is 2.30. The minimum absolute atomic E-state index is 0.0877. The van der Waals surface area contributed by atoms with Gasteiger partial charge in [-0.3, -0.25) is 0 Å². The molecule has 0 amide bonds. The molecule has 3 nitrogen and oxygen atoms in total. The number of halogens is 1. The first kappa shape index (κ1) is 13.4. The largest absolute Gasteiger partial charge is 0.370 e. The highest BCUT2D eigenvalue weighted by molar-refractivity contribution is 7.99. The standard InChI is InChI=1S/C14H14FN3S/c15-11-3-7-13(8-4-11)19-12-5-1-10(2-6-12)9-18-14(16)17/h1-8H,9H2,(H4,16,17,18). The minimum atomic E-state index is -0.225. The summed E-state index contributed by atoms with van der Waals surface area (Å²) in [5, 5.41) is 0. The molecule has 0 fully saturated rings. The molecule has 0 saturated carbocycles. The maximum absolute atomic E-state index is 12.8. The Bertz CT molecular complexity index is 560. The lowest BCUT2D eigenvalue weighted by Crippen LogP contribution is -2.22. The third-order valence-electron chi connectivity index (χ3n) is 2.42. The summed E-state index contributed by atoms with van der Waals surface area (Å²) in [6.45, 7) is 0.476. The van der Waals surface area contributed by atoms with Gasteiger partial charge in [-0.25, -0.2) is 9.38 Å². The van der Waals surface area contributed by atoms with Gasteiger partial charge < -0.3 is 11.5 Å². The smallest absolute Gasteiger partial charge is 0.186 e. The molecule has 0 radical (unpaired) electrons. The van der Waals surface area contributed by atoms with Gasteiger partial charge in [-0.2, -0.15) is 0 Å². The van der Waals surface area contributed by atoms with Crippen molar-refractivity contribution in [3.8, 4) is 0 Å². The van der Waals surface area contributed by atoms with Crippen LogP contribution in [-0.4, -0.2) is 5.96 Å². The quantitative estimate of drug-likeness (QED) is 0.666. The number of nitrogens with zero attached hydrogens (tertiary/aromatic N) is 1. The Balaban J connectivity index is 2.02. The Kier molecular flexibility index (Phi) is 4.41. The van der Waals surface area contributed by atoms with E-state index in [1.54, 1.807) is 23.9 Å². The summed E-state index contributed by atoms with van der Waals surface area (Å²) in [6, 6.07) is 14.3. The van der Waals surface area contributed by atoms with Crippen LogP contribution < -0.4 is 11.5 Å². The van der Waals surface area contributed by atoms with Gasteiger partial charge in [0.25, 0.3) is 0 Å². The van der Waals surface area contributed by atoms with Gasteiger partial charge in [0.2, 0.25) is 0 Å². The van der Waals surface area contributed by atoms with Crippen LogP contribution in [0.3, 0.4) is 0 Å². The second-order valence-electron chi connectivity index (χ2n) is 3.94. The van der Waals surface area contributed by atoms with E-state index in [0.29, 0.717) is 6.54 Å². The Labute approximate surface area is 115 Å². The fourth-order valence-electron chi connectivity index (χ4n) is 1.48. The average Bonchev–Trinajstić information content (AvgIpc) is 2.40. The molecule has 5 heteroatoms. The number of aliphatic imine (C=N–C) groups is 1. The molecule has 2 aromatic rings. The SMILES string of the molecule is NC(N)=NCc1ccc(Sc2ccc(F)cc2)cc1. The van der Waals surface area contributed by atoms with Crippen LogP contribution in [0.25, 0.3) is 0 Å². The molecule has 0 saturated heterocycles. The summed E-state index contributed by atoms with van der Waals surface area (Å²) in [6.07, 6.45) is 0. The summed E-state index contributed by atoms with van der Waals surface area (Å²) < 4.78 is 12.8. The van der Waals surface area contributed by atoms with E-state index in [4.69, 9.17) is 11.5 Å². The molecule has 0 aliphatic carbocycles. The van der Waals surface area contributed by atoms with Crippen molar-refractivity contribution in [3.05, 3.63) is 59.9 Å². The van der Waals surface area contributed by atoms with Gasteiger partial charge in [0.15, 0.2) is 5.96 Å². The van der Waals surface area contributed by atoms with Crippen molar-refractivity contribution in [2.24, 2.45) is 16.5 Å². The van der Waals surface area contributed by atoms with E-state index in [1.165, 1.54) is 12.1 Å². The van der Waals surface area contributed by atoms with Gasteiger partial charge in [-0.1, -0.05) is 23.9 Å². The summed E-state index contributed by atoms with van der Waals surface area (Å²) >= 11 is 1.58. The highest BCUT2D eigenvalue weighted by Gasteiger charge is 1.98. The van der Waals surface area contributed by atoms with E-state index in [0.717, 1.165) is 15.4 Å². The van der Waals surface area contributed by atoms with Gasteiger partial charge in [0, 0.05) is 9.79 Å². The second kappa shape index (κ2) is 6.24. The van der Waals surface area contributed by atoms with Gasteiger partial charge >= 0.3 is 0 Å². The van der Waals surface area contributed by atoms with Crippen LogP contribution in [0.5, 0.6) is 0 Å². The van der Waals surface area contributed by atoms with Crippen LogP contribution in [0.2, 0.25) is 0 Å². The summed E-state index contributed by atoms with van der Waals surface area (Å²) in [7, 11) is 0. The summed E-state index contributed by atoms with van der Waals surface area (Å²) in [5.41, 5.74) is 11.6. The van der Waals surface area contributed by atoms with E-state index < -0.39 is 0 Å². The molecule has 0 aliphatic rings. The van der Waals surface area contributed by atoms with Crippen LogP contribution in [0.15, 0.2) is 63.3 Å². The lowest BCUT2D eigenvalue weighted by Gasteiger charge is -2.03. The number of guanidine groups is 1. The van der Waals surface area contributed by atoms with Gasteiger partial charge in [-0.05, 0) is 42.0 Å². The summed E-state index contributed by atoms with van der Waals surface area (Å²) in [4.78, 5) is 6.02. The van der Waals surface area contributed by atoms with Gasteiger partial charge in [0.05, 0.1) is 6.54 Å². The monoisotopic (exact) mass is 275 g/mol. The number of benzene rings is 2. The van der Waals surface area contributed by atoms with Crippen LogP contribution in [0.4, 0.5) is 4.39 Å². The van der Waals surface area contributed by atoms with Crippen molar-refractivity contribution in [3.63, 3.8) is 0 Å². The first-order valence-corrected chi connectivity index (χ1v) is 6.53. The van der Waals surface area contributed by atoms with E-state index in [2.05, 4.69) is 4.99 Å². The normalized spacial score (nSPS) is 10.2. The summed E-state index contributed by atoms with van der Waals surface area (Å²) in [5.74, 6) is -0.137. The van der Waals surface area contributed by atoms with E-state index in [1.807, 2.05) is 24.3 Å². The first-order valence-electron chi connectivity index (χ1n) is 5.71. The van der Waals surface area contributed by atoms with E-state index in [9.17, 15) is 4.39 Å². The maximum Gasteiger partial charge on any atom is 0.186 e. The van der Waals surface area contributed by atoms with Crippen LogP contribution >= 0.6 is 11.8 Å². The minimum Gasteiger partial charge on any atom is -0.370 e. The molecular weight excluding hydrogens is 261 g/mol. The Morgan fingerprint density at radius 3 is 2.00 bits per heavy atom. The molecule has 98 valence electrons. The molecule has 0 heterocycles. The molecule has 19 heavy (non-hydrogen) atoms. The molecule has 0 spiro atoms. The zero-order valence-electron chi connectivity index (χ0n) is 10.2. The molecule has 2 aromatic carbocycles. The molecule has 0 aliphatic heterocycles. The third-order valence-corrected chi connectivity index (χ3v) is 3.43. The highest BCUT2D eigenvalue weighted by Crippen LogP contribution is 2.27. The molecule has 0 unspecified atom stereocenters. The number of hydrogen-bond donors (Lipinski definition) is 2. The first-order chi connectivity index (χ1) is 9.13. The van der Waals surface area contributed by atoms with Crippen LogP contribution in [0.1, 0.15) is 5.56 Å². The predicted octanol–water partition coefficient (Wildman–Crippen LogP) is 2.75. The van der Waals surface area contributed by atoms with Crippen molar-refractivity contribution in [2.45, 2.75) is 16.3 Å². The zero-order chi connectivity index (χ0) is 13.7. The van der Waals surface area contributed by atoms with E-state index in [-0.39, 0.29) is 11.8 Å². The fraction of sp³-hybridized carbons (Fsp3) is 0.0714. The van der Waals surface area contributed by atoms with Gasteiger partial charge in [0.1, 0.15) is 5.82 Å². The number of nitrogens with two attached hydrogens (primary N) is 2. The highest BCUT2D eigenvalue weighted by atomic mass is 32.2. The average molecular weight is 275 g/mol. The maximum atomic E-state index is 12.8. The van der Waals surface area contributed by atoms with Crippen molar-refractivity contribution in [1.82, 2.24) is 0 Å². The van der Waals surface area contributed by atoms with Gasteiger partial charge in [-0.15, -0.1) is 0 Å². The molecule has 2 rings (SSSR count). The van der Waals surface area contributed by atoms with Crippen LogP contribution in [-0.2, 0) is 6.54 Å². The lowest BCUT2D eigenvalue weighted by molar-refractivity contribution is 0.626. The number of rotatable bonds is 4. The molecular formula is C14H14FN3S. The topological polar surface area (TPSA) is 64.4 Å². The molecule has 0 bridgehead atoms.